The van der Waals surface area contributed by atoms with E-state index in [1.54, 1.807) is 36.1 Å². The molecule has 0 bridgehead atoms. The number of nitrogens with zero attached hydrogens (tertiary/aromatic N) is 2. The van der Waals surface area contributed by atoms with E-state index in [1.807, 2.05) is 19.1 Å². The van der Waals surface area contributed by atoms with Gasteiger partial charge in [-0.3, -0.25) is 14.3 Å². The second kappa shape index (κ2) is 6.14. The highest BCUT2D eigenvalue weighted by Gasteiger charge is 2.10. The van der Waals surface area contributed by atoms with Crippen LogP contribution in [0.2, 0.25) is 0 Å². The van der Waals surface area contributed by atoms with Gasteiger partial charge in [0.1, 0.15) is 5.82 Å². The van der Waals surface area contributed by atoms with Gasteiger partial charge in [-0.15, -0.1) is 0 Å². The Morgan fingerprint density at radius 2 is 1.85 bits per heavy atom. The van der Waals surface area contributed by atoms with Crippen molar-refractivity contribution < 1.29 is 9.59 Å². The lowest BCUT2D eigenvalue weighted by atomic mass is 10.1. The van der Waals surface area contributed by atoms with Gasteiger partial charge in [-0.05, 0) is 6.92 Å². The first-order valence-corrected chi connectivity index (χ1v) is 6.44. The Kier molecular flexibility index (Phi) is 4.30. The van der Waals surface area contributed by atoms with E-state index in [0.717, 1.165) is 5.56 Å². The van der Waals surface area contributed by atoms with Gasteiger partial charge in [-0.2, -0.15) is 5.10 Å². The zero-order chi connectivity index (χ0) is 14.5. The SMILES string of the molecule is Cc1ccc(C(=O)CCC(=O)Nc2ccnn2C)cc1. The summed E-state index contributed by atoms with van der Waals surface area (Å²) in [5.74, 6) is 0.414. The quantitative estimate of drug-likeness (QED) is 0.849. The third-order valence-electron chi connectivity index (χ3n) is 3.04. The molecule has 20 heavy (non-hydrogen) atoms. The van der Waals surface area contributed by atoms with E-state index >= 15 is 0 Å². The van der Waals surface area contributed by atoms with Gasteiger partial charge in [0.05, 0.1) is 6.20 Å². The molecule has 0 spiro atoms. The topological polar surface area (TPSA) is 64.0 Å². The van der Waals surface area contributed by atoms with Crippen molar-refractivity contribution in [2.24, 2.45) is 7.05 Å². The third kappa shape index (κ3) is 3.54. The van der Waals surface area contributed by atoms with Crippen LogP contribution < -0.4 is 5.32 Å². The average molecular weight is 271 g/mol. The number of ketones is 1. The zero-order valence-electron chi connectivity index (χ0n) is 11.6. The van der Waals surface area contributed by atoms with Crippen LogP contribution in [0, 0.1) is 6.92 Å². The smallest absolute Gasteiger partial charge is 0.225 e. The molecule has 5 nitrogen and oxygen atoms in total. The van der Waals surface area contributed by atoms with E-state index in [-0.39, 0.29) is 24.5 Å². The molecule has 1 N–H and O–H groups in total. The van der Waals surface area contributed by atoms with E-state index in [0.29, 0.717) is 11.4 Å². The standard InChI is InChI=1S/C15H17N3O2/c1-11-3-5-12(6-4-11)13(19)7-8-15(20)17-14-9-10-16-18(14)2/h3-6,9-10H,7-8H2,1-2H3,(H,17,20). The summed E-state index contributed by atoms with van der Waals surface area (Å²) < 4.78 is 1.57. The molecule has 0 atom stereocenters. The first kappa shape index (κ1) is 14.0. The molecule has 2 aromatic rings. The maximum atomic E-state index is 11.9. The Labute approximate surface area is 117 Å². The summed E-state index contributed by atoms with van der Waals surface area (Å²) in [4.78, 5) is 23.7. The van der Waals surface area contributed by atoms with Crippen molar-refractivity contribution in [1.82, 2.24) is 9.78 Å². The number of Topliss-reactive ketones (excluding diaryl/α,β-unsaturated/α-hetero) is 1. The highest BCUT2D eigenvalue weighted by molar-refractivity contribution is 5.99. The summed E-state index contributed by atoms with van der Waals surface area (Å²) >= 11 is 0. The van der Waals surface area contributed by atoms with Gasteiger partial charge in [0, 0.05) is 31.5 Å². The Morgan fingerprint density at radius 3 is 2.45 bits per heavy atom. The van der Waals surface area contributed by atoms with Crippen LogP contribution in [0.5, 0.6) is 0 Å². The van der Waals surface area contributed by atoms with Crippen molar-refractivity contribution >= 4 is 17.5 Å². The molecule has 5 heteroatoms. The molecular formula is C15H17N3O2. The van der Waals surface area contributed by atoms with E-state index in [4.69, 9.17) is 0 Å². The molecule has 1 aromatic carbocycles. The molecule has 0 fully saturated rings. The van der Waals surface area contributed by atoms with Crippen molar-refractivity contribution in [3.05, 3.63) is 47.7 Å². The van der Waals surface area contributed by atoms with Crippen molar-refractivity contribution in [3.8, 4) is 0 Å². The summed E-state index contributed by atoms with van der Waals surface area (Å²) in [5, 5.41) is 6.67. The Morgan fingerprint density at radius 1 is 1.15 bits per heavy atom. The van der Waals surface area contributed by atoms with E-state index < -0.39 is 0 Å². The Hall–Kier alpha value is -2.43. The predicted molar refractivity (Wildman–Crippen MR) is 76.6 cm³/mol. The summed E-state index contributed by atoms with van der Waals surface area (Å²) in [6, 6.07) is 9.07. The van der Waals surface area contributed by atoms with E-state index in [9.17, 15) is 9.59 Å². The summed E-state index contributed by atoms with van der Waals surface area (Å²) in [6.45, 7) is 1.97. The Balaban J connectivity index is 1.85. The number of rotatable bonds is 5. The molecule has 0 saturated carbocycles. The third-order valence-corrected chi connectivity index (χ3v) is 3.04. The first-order chi connectivity index (χ1) is 9.56. The lowest BCUT2D eigenvalue weighted by molar-refractivity contribution is -0.116. The van der Waals surface area contributed by atoms with Crippen LogP contribution >= 0.6 is 0 Å². The van der Waals surface area contributed by atoms with Gasteiger partial charge in [0.2, 0.25) is 5.91 Å². The predicted octanol–water partition coefficient (Wildman–Crippen LogP) is 2.33. The number of nitrogens with one attached hydrogen (secondary N) is 1. The number of anilines is 1. The minimum atomic E-state index is -0.186. The molecule has 0 aliphatic rings. The first-order valence-electron chi connectivity index (χ1n) is 6.44. The van der Waals surface area contributed by atoms with Gasteiger partial charge in [-0.1, -0.05) is 29.8 Å². The summed E-state index contributed by atoms with van der Waals surface area (Å²) in [6.07, 6.45) is 1.97. The minimum absolute atomic E-state index is 0.0230. The Bertz CT molecular complexity index is 614. The monoisotopic (exact) mass is 271 g/mol. The maximum Gasteiger partial charge on any atom is 0.225 e. The molecular weight excluding hydrogens is 254 g/mol. The number of aryl methyl sites for hydroxylation is 2. The van der Waals surface area contributed by atoms with E-state index in [1.165, 1.54) is 0 Å². The fourth-order valence-corrected chi connectivity index (χ4v) is 1.81. The number of hydrogen-bond donors (Lipinski definition) is 1. The highest BCUT2D eigenvalue weighted by Crippen LogP contribution is 2.09. The van der Waals surface area contributed by atoms with Gasteiger partial charge < -0.3 is 5.32 Å². The molecule has 0 saturated heterocycles. The number of amides is 1. The van der Waals surface area contributed by atoms with Crippen molar-refractivity contribution in [3.63, 3.8) is 0 Å². The second-order valence-electron chi connectivity index (χ2n) is 4.68. The fourth-order valence-electron chi connectivity index (χ4n) is 1.81. The molecule has 1 amide bonds. The number of carbonyl (C=O) groups excluding carboxylic acids is 2. The van der Waals surface area contributed by atoms with Gasteiger partial charge in [0.15, 0.2) is 5.78 Å². The minimum Gasteiger partial charge on any atom is -0.311 e. The maximum absolute atomic E-state index is 11.9. The van der Waals surface area contributed by atoms with Crippen LogP contribution in [0.25, 0.3) is 0 Å². The van der Waals surface area contributed by atoms with Gasteiger partial charge in [0.25, 0.3) is 0 Å². The van der Waals surface area contributed by atoms with Crippen LogP contribution in [-0.2, 0) is 11.8 Å². The normalized spacial score (nSPS) is 10.3. The zero-order valence-corrected chi connectivity index (χ0v) is 11.6. The molecule has 1 heterocycles. The molecule has 0 unspecified atom stereocenters. The summed E-state index contributed by atoms with van der Waals surface area (Å²) in [5.41, 5.74) is 1.75. The summed E-state index contributed by atoms with van der Waals surface area (Å²) in [7, 11) is 1.74. The molecule has 2 rings (SSSR count). The van der Waals surface area contributed by atoms with Crippen molar-refractivity contribution in [1.29, 1.82) is 0 Å². The van der Waals surface area contributed by atoms with Gasteiger partial charge in [-0.25, -0.2) is 0 Å². The van der Waals surface area contributed by atoms with Crippen LogP contribution in [0.15, 0.2) is 36.5 Å². The average Bonchev–Trinajstić information content (AvgIpc) is 2.82. The molecule has 0 radical (unpaired) electrons. The van der Waals surface area contributed by atoms with Crippen molar-refractivity contribution in [2.75, 3.05) is 5.32 Å². The van der Waals surface area contributed by atoms with Crippen LogP contribution in [0.3, 0.4) is 0 Å². The molecule has 104 valence electrons. The number of benzene rings is 1. The lowest BCUT2D eigenvalue weighted by Gasteiger charge is -2.05. The molecule has 0 aliphatic heterocycles. The molecule has 1 aromatic heterocycles. The van der Waals surface area contributed by atoms with Gasteiger partial charge >= 0.3 is 0 Å². The van der Waals surface area contributed by atoms with Crippen LogP contribution in [0.1, 0.15) is 28.8 Å². The number of carbonyl (C=O) groups is 2. The number of hydrogen-bond acceptors (Lipinski definition) is 3. The number of aromatic nitrogens is 2. The second-order valence-corrected chi connectivity index (χ2v) is 4.68. The lowest BCUT2D eigenvalue weighted by Crippen LogP contribution is -2.15. The van der Waals surface area contributed by atoms with Crippen molar-refractivity contribution in [2.45, 2.75) is 19.8 Å². The highest BCUT2D eigenvalue weighted by atomic mass is 16.2. The molecule has 0 aliphatic carbocycles. The van der Waals surface area contributed by atoms with Crippen LogP contribution in [0.4, 0.5) is 5.82 Å². The van der Waals surface area contributed by atoms with E-state index in [2.05, 4.69) is 10.4 Å². The largest absolute Gasteiger partial charge is 0.311 e. The fraction of sp³-hybridized carbons (Fsp3) is 0.267. The van der Waals surface area contributed by atoms with Crippen LogP contribution in [-0.4, -0.2) is 21.5 Å².